The van der Waals surface area contributed by atoms with E-state index in [1.165, 1.54) is 13.2 Å². The smallest absolute Gasteiger partial charge is 0.234 e. The van der Waals surface area contributed by atoms with Crippen LogP contribution in [0.4, 0.5) is 4.39 Å². The van der Waals surface area contributed by atoms with Gasteiger partial charge in [0.05, 0.1) is 23.0 Å². The highest BCUT2D eigenvalue weighted by Gasteiger charge is 2.12. The van der Waals surface area contributed by atoms with E-state index in [1.807, 2.05) is 24.4 Å². The summed E-state index contributed by atoms with van der Waals surface area (Å²) in [6, 6.07) is 4.79. The molecule has 6 heteroatoms. The van der Waals surface area contributed by atoms with Gasteiger partial charge in [0.1, 0.15) is 0 Å². The standard InChI is InChI=1S/C15H13BrFN3O/c1-8-14(16)9(2)20-7-12(19-15(20)18-8)10-4-5-13(21-3)11(17)6-10/h4-7H,1-3H3. The molecule has 0 fully saturated rings. The minimum absolute atomic E-state index is 0.218. The van der Waals surface area contributed by atoms with E-state index >= 15 is 0 Å². The van der Waals surface area contributed by atoms with Crippen LogP contribution in [0.5, 0.6) is 5.75 Å². The third-order valence-corrected chi connectivity index (χ3v) is 4.55. The van der Waals surface area contributed by atoms with Gasteiger partial charge in [-0.1, -0.05) is 0 Å². The zero-order chi connectivity index (χ0) is 15.1. The van der Waals surface area contributed by atoms with Crippen LogP contribution in [0.1, 0.15) is 11.4 Å². The Morgan fingerprint density at radius 3 is 2.67 bits per heavy atom. The number of ether oxygens (including phenoxy) is 1. The van der Waals surface area contributed by atoms with E-state index < -0.39 is 5.82 Å². The van der Waals surface area contributed by atoms with Crippen LogP contribution in [0.25, 0.3) is 17.0 Å². The molecule has 0 saturated heterocycles. The fourth-order valence-corrected chi connectivity index (χ4v) is 2.51. The highest BCUT2D eigenvalue weighted by atomic mass is 79.9. The van der Waals surface area contributed by atoms with Crippen molar-refractivity contribution in [2.24, 2.45) is 0 Å². The van der Waals surface area contributed by atoms with E-state index in [-0.39, 0.29) is 5.75 Å². The van der Waals surface area contributed by atoms with Crippen LogP contribution in [-0.4, -0.2) is 21.5 Å². The van der Waals surface area contributed by atoms with Gasteiger partial charge in [0, 0.05) is 17.5 Å². The summed E-state index contributed by atoms with van der Waals surface area (Å²) in [6.45, 7) is 3.89. The highest BCUT2D eigenvalue weighted by molar-refractivity contribution is 9.10. The average Bonchev–Trinajstić information content (AvgIpc) is 2.89. The first-order chi connectivity index (χ1) is 10.0. The van der Waals surface area contributed by atoms with Crippen LogP contribution in [0.15, 0.2) is 28.9 Å². The van der Waals surface area contributed by atoms with E-state index in [2.05, 4.69) is 25.9 Å². The van der Waals surface area contributed by atoms with Gasteiger partial charge in [0.25, 0.3) is 0 Å². The Labute approximate surface area is 129 Å². The molecule has 0 aliphatic rings. The molecule has 0 aliphatic carbocycles. The third-order valence-electron chi connectivity index (χ3n) is 3.40. The first-order valence-corrected chi connectivity index (χ1v) is 7.16. The van der Waals surface area contributed by atoms with Crippen LogP contribution in [0.3, 0.4) is 0 Å². The number of rotatable bonds is 2. The first kappa shape index (κ1) is 14.0. The number of methoxy groups -OCH3 is 1. The van der Waals surface area contributed by atoms with Gasteiger partial charge in [0.2, 0.25) is 5.78 Å². The van der Waals surface area contributed by atoms with Crippen molar-refractivity contribution in [3.8, 4) is 17.0 Å². The molecule has 2 aromatic heterocycles. The van der Waals surface area contributed by atoms with Crippen LogP contribution in [0.2, 0.25) is 0 Å². The average molecular weight is 350 g/mol. The second-order valence-electron chi connectivity index (χ2n) is 4.74. The number of imidazole rings is 1. The summed E-state index contributed by atoms with van der Waals surface area (Å²) in [7, 11) is 1.44. The Bertz CT molecular complexity index is 845. The lowest BCUT2D eigenvalue weighted by molar-refractivity contribution is 0.386. The predicted molar refractivity (Wildman–Crippen MR) is 82.1 cm³/mol. The van der Waals surface area contributed by atoms with Gasteiger partial charge in [-0.05, 0) is 48.0 Å². The Hall–Kier alpha value is -1.95. The molecule has 108 valence electrons. The van der Waals surface area contributed by atoms with E-state index in [0.717, 1.165) is 15.9 Å². The maximum atomic E-state index is 13.8. The SMILES string of the molecule is COc1ccc(-c2cn3c(C)c(Br)c(C)nc3n2)cc1F. The molecule has 0 atom stereocenters. The van der Waals surface area contributed by atoms with Crippen molar-refractivity contribution in [3.05, 3.63) is 46.1 Å². The summed E-state index contributed by atoms with van der Waals surface area (Å²) < 4.78 is 21.6. The van der Waals surface area contributed by atoms with Crippen molar-refractivity contribution in [1.29, 1.82) is 0 Å². The van der Waals surface area contributed by atoms with Gasteiger partial charge in [0.15, 0.2) is 11.6 Å². The summed E-state index contributed by atoms with van der Waals surface area (Å²) >= 11 is 3.51. The maximum Gasteiger partial charge on any atom is 0.234 e. The molecule has 3 rings (SSSR count). The Morgan fingerprint density at radius 2 is 2.00 bits per heavy atom. The zero-order valence-corrected chi connectivity index (χ0v) is 13.4. The lowest BCUT2D eigenvalue weighted by atomic mass is 10.1. The number of fused-ring (bicyclic) bond motifs is 1. The van der Waals surface area contributed by atoms with Gasteiger partial charge in [-0.15, -0.1) is 0 Å². The van der Waals surface area contributed by atoms with Gasteiger partial charge in [-0.3, -0.25) is 4.40 Å². The van der Waals surface area contributed by atoms with Crippen LogP contribution >= 0.6 is 15.9 Å². The van der Waals surface area contributed by atoms with E-state index in [0.29, 0.717) is 17.0 Å². The summed E-state index contributed by atoms with van der Waals surface area (Å²) in [5.41, 5.74) is 3.24. The molecule has 2 heterocycles. The molecule has 21 heavy (non-hydrogen) atoms. The number of hydrogen-bond acceptors (Lipinski definition) is 3. The lowest BCUT2D eigenvalue weighted by Gasteiger charge is -2.04. The third kappa shape index (κ3) is 2.29. The predicted octanol–water partition coefficient (Wildman–Crippen LogP) is 3.92. The second-order valence-corrected chi connectivity index (χ2v) is 5.54. The molecule has 0 amide bonds. The monoisotopic (exact) mass is 349 g/mol. The summed E-state index contributed by atoms with van der Waals surface area (Å²) in [6.07, 6.45) is 1.85. The largest absolute Gasteiger partial charge is 0.494 e. The van der Waals surface area contributed by atoms with Crippen LogP contribution < -0.4 is 4.74 Å². The van der Waals surface area contributed by atoms with E-state index in [4.69, 9.17) is 4.74 Å². The minimum Gasteiger partial charge on any atom is -0.494 e. The quantitative estimate of drug-likeness (QED) is 0.703. The fraction of sp³-hybridized carbons (Fsp3) is 0.200. The van der Waals surface area contributed by atoms with Crippen molar-refractivity contribution >= 4 is 21.7 Å². The molecule has 4 nitrogen and oxygen atoms in total. The molecular formula is C15H13BrFN3O. The molecule has 0 aliphatic heterocycles. The van der Waals surface area contributed by atoms with E-state index in [9.17, 15) is 4.39 Å². The van der Waals surface area contributed by atoms with Gasteiger partial charge < -0.3 is 4.74 Å². The molecule has 0 bridgehead atoms. The number of nitrogens with zero attached hydrogens (tertiary/aromatic N) is 3. The molecule has 0 unspecified atom stereocenters. The van der Waals surface area contributed by atoms with Crippen molar-refractivity contribution in [2.45, 2.75) is 13.8 Å². The molecule has 0 N–H and O–H groups in total. The Balaban J connectivity index is 2.17. The number of aryl methyl sites for hydroxylation is 2. The maximum absolute atomic E-state index is 13.8. The molecule has 1 aromatic carbocycles. The van der Waals surface area contributed by atoms with Gasteiger partial charge in [-0.2, -0.15) is 0 Å². The topological polar surface area (TPSA) is 39.4 Å². The zero-order valence-electron chi connectivity index (χ0n) is 11.8. The van der Waals surface area contributed by atoms with Gasteiger partial charge in [-0.25, -0.2) is 14.4 Å². The number of hydrogen-bond donors (Lipinski definition) is 0. The van der Waals surface area contributed by atoms with Crippen molar-refractivity contribution in [1.82, 2.24) is 14.4 Å². The van der Waals surface area contributed by atoms with Crippen molar-refractivity contribution in [3.63, 3.8) is 0 Å². The highest BCUT2D eigenvalue weighted by Crippen LogP contribution is 2.27. The Morgan fingerprint density at radius 1 is 1.24 bits per heavy atom. The Kier molecular flexibility index (Phi) is 3.41. The summed E-state index contributed by atoms with van der Waals surface area (Å²) in [5.74, 6) is 0.406. The number of aromatic nitrogens is 3. The summed E-state index contributed by atoms with van der Waals surface area (Å²) in [5, 5.41) is 0. The molecule has 0 radical (unpaired) electrons. The fourth-order valence-electron chi connectivity index (χ4n) is 2.23. The number of halogens is 2. The van der Waals surface area contributed by atoms with Crippen LogP contribution in [-0.2, 0) is 0 Å². The van der Waals surface area contributed by atoms with Gasteiger partial charge >= 0.3 is 0 Å². The lowest BCUT2D eigenvalue weighted by Crippen LogP contribution is -1.97. The molecule has 3 aromatic rings. The van der Waals surface area contributed by atoms with Crippen molar-refractivity contribution < 1.29 is 9.13 Å². The second kappa shape index (κ2) is 5.11. The summed E-state index contributed by atoms with van der Waals surface area (Å²) in [4.78, 5) is 8.89. The molecule has 0 saturated carbocycles. The molecular weight excluding hydrogens is 337 g/mol. The van der Waals surface area contributed by atoms with Crippen molar-refractivity contribution in [2.75, 3.05) is 7.11 Å². The van der Waals surface area contributed by atoms with E-state index in [1.54, 1.807) is 12.1 Å². The normalized spacial score (nSPS) is 11.1. The molecule has 0 spiro atoms. The number of benzene rings is 1. The first-order valence-electron chi connectivity index (χ1n) is 6.37. The van der Waals surface area contributed by atoms with Crippen LogP contribution in [0, 0.1) is 19.7 Å². The minimum atomic E-state index is -0.408.